The van der Waals surface area contributed by atoms with E-state index in [9.17, 15) is 4.79 Å². The molecule has 3 rings (SSSR count). The van der Waals surface area contributed by atoms with Gasteiger partial charge in [0.2, 0.25) is 0 Å². The summed E-state index contributed by atoms with van der Waals surface area (Å²) in [4.78, 5) is 13.3. The van der Waals surface area contributed by atoms with Crippen LogP contribution in [0.4, 0.5) is 0 Å². The minimum atomic E-state index is -0.188. The molecule has 2 aromatic rings. The molecule has 1 aromatic heterocycles. The maximum Gasteiger partial charge on any atom is 0.347 e. The van der Waals surface area contributed by atoms with Gasteiger partial charge in [0.15, 0.2) is 0 Å². The quantitative estimate of drug-likeness (QED) is 0.741. The zero-order valence-corrected chi connectivity index (χ0v) is 13.8. The van der Waals surface area contributed by atoms with Crippen LogP contribution in [0.2, 0.25) is 0 Å². The van der Waals surface area contributed by atoms with Crippen molar-refractivity contribution in [3.8, 4) is 5.69 Å². The Kier molecular flexibility index (Phi) is 4.37. The van der Waals surface area contributed by atoms with Crippen LogP contribution in [0.25, 0.3) is 5.69 Å². The van der Waals surface area contributed by atoms with Gasteiger partial charge in [0.05, 0.1) is 5.69 Å². The second kappa shape index (κ2) is 6.28. The van der Waals surface area contributed by atoms with E-state index in [1.54, 1.807) is 16.3 Å². The lowest BCUT2D eigenvalue weighted by Gasteiger charge is -2.17. The van der Waals surface area contributed by atoms with Crippen molar-refractivity contribution in [2.75, 3.05) is 6.26 Å². The Morgan fingerprint density at radius 2 is 2.00 bits per heavy atom. The van der Waals surface area contributed by atoms with Gasteiger partial charge in [0.1, 0.15) is 5.82 Å². The zero-order valence-electron chi connectivity index (χ0n) is 13.0. The number of hydrogen-bond acceptors (Lipinski definition) is 5. The van der Waals surface area contributed by atoms with Gasteiger partial charge in [-0.2, -0.15) is 5.10 Å². The molecule has 118 valence electrons. The molecule has 1 saturated heterocycles. The number of aromatic nitrogens is 3. The van der Waals surface area contributed by atoms with Gasteiger partial charge in [-0.25, -0.2) is 14.5 Å². The van der Waals surface area contributed by atoms with E-state index in [-0.39, 0.29) is 5.69 Å². The Morgan fingerprint density at radius 3 is 2.68 bits per heavy atom. The lowest BCUT2D eigenvalue weighted by atomic mass is 9.93. The molecule has 0 radical (unpaired) electrons. The highest BCUT2D eigenvalue weighted by Gasteiger charge is 2.31. The molecule has 2 atom stereocenters. The van der Waals surface area contributed by atoms with E-state index >= 15 is 0 Å². The summed E-state index contributed by atoms with van der Waals surface area (Å²) in [5, 5.41) is 6.83. The summed E-state index contributed by atoms with van der Waals surface area (Å²) in [7, 11) is 0. The number of rotatable bonds is 4. The van der Waals surface area contributed by atoms with Gasteiger partial charge < -0.3 is 0 Å². The first-order valence-electron chi connectivity index (χ1n) is 7.42. The van der Waals surface area contributed by atoms with E-state index in [0.717, 1.165) is 22.8 Å². The Labute approximate surface area is 133 Å². The summed E-state index contributed by atoms with van der Waals surface area (Å²) in [5.41, 5.74) is 7.16. The van der Waals surface area contributed by atoms with Gasteiger partial charge in [-0.15, -0.1) is 11.8 Å². The van der Waals surface area contributed by atoms with Gasteiger partial charge in [-0.3, -0.25) is 10.9 Å². The molecule has 2 heterocycles. The second-order valence-corrected chi connectivity index (χ2v) is 6.60. The Morgan fingerprint density at radius 1 is 1.27 bits per heavy atom. The standard InChI is InChI=1S/C15H21N5OS/c1-9-13(10(2)17-16-9)8-14-18-19-15(21)20(14)11-5-4-6-12(7-11)22-3/h4-7,9-10,13,16-17H,8H2,1-3H3,(H,19,21). The topological polar surface area (TPSA) is 74.7 Å². The lowest BCUT2D eigenvalue weighted by molar-refractivity contribution is 0.429. The third kappa shape index (κ3) is 2.84. The fraction of sp³-hybridized carbons (Fsp3) is 0.467. The van der Waals surface area contributed by atoms with Crippen molar-refractivity contribution < 1.29 is 0 Å². The Bertz CT molecular complexity index is 700. The van der Waals surface area contributed by atoms with E-state index in [0.29, 0.717) is 18.0 Å². The number of hydrazine groups is 1. The molecule has 6 nitrogen and oxygen atoms in total. The van der Waals surface area contributed by atoms with E-state index in [1.807, 2.05) is 30.5 Å². The van der Waals surface area contributed by atoms with Gasteiger partial charge in [-0.05, 0) is 44.2 Å². The van der Waals surface area contributed by atoms with E-state index < -0.39 is 0 Å². The van der Waals surface area contributed by atoms with Crippen molar-refractivity contribution in [2.45, 2.75) is 37.2 Å². The Balaban J connectivity index is 1.95. The molecule has 1 aliphatic rings. The average molecular weight is 319 g/mol. The summed E-state index contributed by atoms with van der Waals surface area (Å²) >= 11 is 1.66. The number of thioether (sulfide) groups is 1. The van der Waals surface area contributed by atoms with Crippen LogP contribution in [0.1, 0.15) is 19.7 Å². The molecular weight excluding hydrogens is 298 g/mol. The number of benzene rings is 1. The maximum absolute atomic E-state index is 12.2. The zero-order chi connectivity index (χ0) is 15.7. The van der Waals surface area contributed by atoms with Gasteiger partial charge in [-0.1, -0.05) is 6.07 Å². The molecule has 0 amide bonds. The highest BCUT2D eigenvalue weighted by Crippen LogP contribution is 2.22. The number of aromatic amines is 1. The van der Waals surface area contributed by atoms with Crippen molar-refractivity contribution in [3.05, 3.63) is 40.6 Å². The normalized spacial score (nSPS) is 24.8. The summed E-state index contributed by atoms with van der Waals surface area (Å²) in [6.45, 7) is 4.29. The molecule has 22 heavy (non-hydrogen) atoms. The summed E-state index contributed by atoms with van der Waals surface area (Å²) in [6, 6.07) is 8.64. The SMILES string of the molecule is CSc1cccc(-n2c(CC3C(C)NNC3C)n[nH]c2=O)c1. The predicted octanol–water partition coefficient (Wildman–Crippen LogP) is 1.33. The van der Waals surface area contributed by atoms with Crippen molar-refractivity contribution in [3.63, 3.8) is 0 Å². The van der Waals surface area contributed by atoms with Crippen LogP contribution in [0, 0.1) is 5.92 Å². The maximum atomic E-state index is 12.2. The smallest absolute Gasteiger partial charge is 0.254 e. The highest BCUT2D eigenvalue weighted by atomic mass is 32.2. The minimum absolute atomic E-state index is 0.188. The number of nitrogens with one attached hydrogen (secondary N) is 3. The van der Waals surface area contributed by atoms with Crippen LogP contribution in [-0.2, 0) is 6.42 Å². The first-order valence-corrected chi connectivity index (χ1v) is 8.64. The van der Waals surface area contributed by atoms with Gasteiger partial charge in [0.25, 0.3) is 0 Å². The third-order valence-electron chi connectivity index (χ3n) is 4.29. The van der Waals surface area contributed by atoms with Gasteiger partial charge in [0, 0.05) is 23.4 Å². The molecule has 0 saturated carbocycles. The summed E-state index contributed by atoms with van der Waals surface area (Å²) < 4.78 is 1.68. The van der Waals surface area contributed by atoms with Crippen molar-refractivity contribution in [1.82, 2.24) is 25.6 Å². The van der Waals surface area contributed by atoms with Crippen LogP contribution >= 0.6 is 11.8 Å². The average Bonchev–Trinajstić information content (AvgIpc) is 3.04. The van der Waals surface area contributed by atoms with Crippen LogP contribution in [0.5, 0.6) is 0 Å². The molecule has 1 aliphatic heterocycles. The van der Waals surface area contributed by atoms with Crippen molar-refractivity contribution in [2.24, 2.45) is 5.92 Å². The van der Waals surface area contributed by atoms with E-state index in [1.165, 1.54) is 0 Å². The molecule has 1 aromatic carbocycles. The molecule has 2 unspecified atom stereocenters. The predicted molar refractivity (Wildman–Crippen MR) is 88.4 cm³/mol. The first kappa shape index (κ1) is 15.3. The molecular formula is C15H21N5OS. The van der Waals surface area contributed by atoms with E-state index in [4.69, 9.17) is 0 Å². The second-order valence-electron chi connectivity index (χ2n) is 5.72. The summed E-state index contributed by atoms with van der Waals surface area (Å²) in [6.07, 6.45) is 2.77. The summed E-state index contributed by atoms with van der Waals surface area (Å²) in [5.74, 6) is 1.16. The van der Waals surface area contributed by atoms with Crippen LogP contribution in [-0.4, -0.2) is 33.1 Å². The van der Waals surface area contributed by atoms with Crippen LogP contribution < -0.4 is 16.5 Å². The first-order chi connectivity index (χ1) is 10.6. The fourth-order valence-corrected chi connectivity index (χ4v) is 3.41. The third-order valence-corrected chi connectivity index (χ3v) is 5.02. The monoisotopic (exact) mass is 319 g/mol. The molecule has 0 bridgehead atoms. The number of hydrogen-bond donors (Lipinski definition) is 3. The van der Waals surface area contributed by atoms with Gasteiger partial charge >= 0.3 is 5.69 Å². The Hall–Kier alpha value is -1.57. The van der Waals surface area contributed by atoms with Crippen LogP contribution in [0.15, 0.2) is 34.0 Å². The highest BCUT2D eigenvalue weighted by molar-refractivity contribution is 7.98. The molecule has 1 fully saturated rings. The minimum Gasteiger partial charge on any atom is -0.254 e. The molecule has 7 heteroatoms. The molecule has 0 spiro atoms. The molecule has 3 N–H and O–H groups in total. The lowest BCUT2D eigenvalue weighted by Crippen LogP contribution is -2.30. The fourth-order valence-electron chi connectivity index (χ4n) is 2.96. The van der Waals surface area contributed by atoms with Crippen molar-refractivity contribution >= 4 is 11.8 Å². The molecule has 0 aliphatic carbocycles. The van der Waals surface area contributed by atoms with E-state index in [2.05, 4.69) is 34.9 Å². The number of H-pyrrole nitrogens is 1. The van der Waals surface area contributed by atoms with Crippen molar-refractivity contribution in [1.29, 1.82) is 0 Å². The van der Waals surface area contributed by atoms with Crippen LogP contribution in [0.3, 0.4) is 0 Å². The number of nitrogens with zero attached hydrogens (tertiary/aromatic N) is 2. The largest absolute Gasteiger partial charge is 0.347 e.